The van der Waals surface area contributed by atoms with Gasteiger partial charge < -0.3 is 10.4 Å². The van der Waals surface area contributed by atoms with Gasteiger partial charge in [-0.15, -0.1) is 0 Å². The lowest BCUT2D eigenvalue weighted by molar-refractivity contribution is 0.0697. The molecule has 0 aromatic heterocycles. The normalized spacial score (nSPS) is 23.2. The van der Waals surface area contributed by atoms with Crippen LogP contribution in [0, 0.1) is 11.8 Å². The summed E-state index contributed by atoms with van der Waals surface area (Å²) in [6.45, 7) is 4.23. The smallest absolute Gasteiger partial charge is 0.335 e. The number of hydrogen-bond donors (Lipinski definition) is 2. The van der Waals surface area contributed by atoms with Gasteiger partial charge in [0.05, 0.1) is 5.56 Å². The molecule has 0 radical (unpaired) electrons. The van der Waals surface area contributed by atoms with Gasteiger partial charge in [-0.1, -0.05) is 31.9 Å². The summed E-state index contributed by atoms with van der Waals surface area (Å²) in [4.78, 5) is 10.7. The highest BCUT2D eigenvalue weighted by molar-refractivity contribution is 5.87. The minimum Gasteiger partial charge on any atom is -0.478 e. The van der Waals surface area contributed by atoms with Crippen LogP contribution in [0.2, 0.25) is 0 Å². The zero-order valence-electron chi connectivity index (χ0n) is 10.9. The molecule has 2 rings (SSSR count). The molecule has 1 fully saturated rings. The summed E-state index contributed by atoms with van der Waals surface area (Å²) in [6, 6.07) is 7.10. The third kappa shape index (κ3) is 3.33. The molecule has 1 saturated carbocycles. The number of nitrogens with one attached hydrogen (secondary N) is 1. The van der Waals surface area contributed by atoms with Crippen molar-refractivity contribution >= 4 is 5.97 Å². The number of carbonyl (C=O) groups is 1. The quantitative estimate of drug-likeness (QED) is 0.841. The van der Waals surface area contributed by atoms with Gasteiger partial charge in [0.2, 0.25) is 0 Å². The van der Waals surface area contributed by atoms with E-state index >= 15 is 0 Å². The van der Waals surface area contributed by atoms with Gasteiger partial charge in [-0.3, -0.25) is 0 Å². The van der Waals surface area contributed by atoms with Crippen LogP contribution in [0.15, 0.2) is 24.3 Å². The highest BCUT2D eigenvalue weighted by Crippen LogP contribution is 2.30. The zero-order chi connectivity index (χ0) is 13.0. The molecule has 0 saturated heterocycles. The third-order valence-electron chi connectivity index (χ3n) is 3.98. The molecule has 3 nitrogen and oxygen atoms in total. The lowest BCUT2D eigenvalue weighted by Gasteiger charge is -2.15. The van der Waals surface area contributed by atoms with Crippen LogP contribution in [0.5, 0.6) is 0 Å². The summed E-state index contributed by atoms with van der Waals surface area (Å²) in [5, 5.41) is 12.3. The summed E-state index contributed by atoms with van der Waals surface area (Å²) in [7, 11) is 0. The second-order valence-electron chi connectivity index (χ2n) is 5.30. The van der Waals surface area contributed by atoms with Crippen LogP contribution in [-0.2, 0) is 6.54 Å². The summed E-state index contributed by atoms with van der Waals surface area (Å²) in [5.74, 6) is 0.782. The van der Waals surface area contributed by atoms with Crippen molar-refractivity contribution in [1.29, 1.82) is 0 Å². The van der Waals surface area contributed by atoms with E-state index in [1.54, 1.807) is 12.1 Å². The molecule has 98 valence electrons. The molecule has 2 atom stereocenters. The second-order valence-corrected chi connectivity index (χ2v) is 5.30. The standard InChI is InChI=1S/C15H21NO2/c1-11-3-2-4-14(11)10-16-9-12-5-7-13(8-6-12)15(17)18/h5-8,11,14,16H,2-4,9-10H2,1H3,(H,17,18). The molecule has 0 aliphatic heterocycles. The molecule has 1 aliphatic rings. The van der Waals surface area contributed by atoms with E-state index in [9.17, 15) is 4.79 Å². The number of hydrogen-bond acceptors (Lipinski definition) is 2. The number of benzene rings is 1. The van der Waals surface area contributed by atoms with Crippen molar-refractivity contribution in [3.05, 3.63) is 35.4 Å². The molecule has 1 aliphatic carbocycles. The lowest BCUT2D eigenvalue weighted by atomic mass is 9.98. The van der Waals surface area contributed by atoms with Crippen molar-refractivity contribution in [2.24, 2.45) is 11.8 Å². The first kappa shape index (κ1) is 13.1. The first-order valence-corrected chi connectivity index (χ1v) is 6.70. The highest BCUT2D eigenvalue weighted by atomic mass is 16.4. The number of carboxylic acid groups (broad SMARTS) is 1. The predicted octanol–water partition coefficient (Wildman–Crippen LogP) is 2.91. The minimum atomic E-state index is -0.866. The average molecular weight is 247 g/mol. The van der Waals surface area contributed by atoms with Gasteiger partial charge in [0.15, 0.2) is 0 Å². The molecule has 1 aromatic carbocycles. The molecule has 0 heterocycles. The Balaban J connectivity index is 1.78. The average Bonchev–Trinajstić information content (AvgIpc) is 2.76. The molecule has 3 heteroatoms. The Hall–Kier alpha value is -1.35. The first-order valence-electron chi connectivity index (χ1n) is 6.70. The number of rotatable bonds is 5. The summed E-state index contributed by atoms with van der Waals surface area (Å²) < 4.78 is 0. The fourth-order valence-electron chi connectivity index (χ4n) is 2.69. The molecular weight excluding hydrogens is 226 g/mol. The van der Waals surface area contributed by atoms with E-state index in [4.69, 9.17) is 5.11 Å². The maximum Gasteiger partial charge on any atom is 0.335 e. The topological polar surface area (TPSA) is 49.3 Å². The van der Waals surface area contributed by atoms with Crippen molar-refractivity contribution in [3.63, 3.8) is 0 Å². The Morgan fingerprint density at radius 3 is 2.61 bits per heavy atom. The van der Waals surface area contributed by atoms with E-state index in [2.05, 4.69) is 12.2 Å². The fourth-order valence-corrected chi connectivity index (χ4v) is 2.69. The molecule has 2 N–H and O–H groups in total. The van der Waals surface area contributed by atoms with E-state index in [-0.39, 0.29) is 0 Å². The van der Waals surface area contributed by atoms with Gasteiger partial charge in [-0.2, -0.15) is 0 Å². The van der Waals surface area contributed by atoms with Gasteiger partial charge in [-0.25, -0.2) is 4.79 Å². The molecular formula is C15H21NO2. The minimum absolute atomic E-state index is 0.350. The number of carboxylic acids is 1. The van der Waals surface area contributed by atoms with Gasteiger partial charge in [0, 0.05) is 6.54 Å². The maximum atomic E-state index is 10.7. The first-order chi connectivity index (χ1) is 8.66. The van der Waals surface area contributed by atoms with Gasteiger partial charge in [0.1, 0.15) is 0 Å². The van der Waals surface area contributed by atoms with Crippen LogP contribution < -0.4 is 5.32 Å². The van der Waals surface area contributed by atoms with Crippen LogP contribution >= 0.6 is 0 Å². The Morgan fingerprint density at radius 2 is 2.06 bits per heavy atom. The van der Waals surface area contributed by atoms with Crippen LogP contribution in [-0.4, -0.2) is 17.6 Å². The Bertz CT molecular complexity index is 399. The SMILES string of the molecule is CC1CCCC1CNCc1ccc(C(=O)O)cc1. The second kappa shape index (κ2) is 6.01. The van der Waals surface area contributed by atoms with Gasteiger partial charge in [-0.05, 0) is 42.5 Å². The van der Waals surface area contributed by atoms with Crippen molar-refractivity contribution in [1.82, 2.24) is 5.32 Å². The number of aromatic carboxylic acids is 1. The zero-order valence-corrected chi connectivity index (χ0v) is 10.9. The van der Waals surface area contributed by atoms with E-state index in [0.717, 1.165) is 30.5 Å². The molecule has 18 heavy (non-hydrogen) atoms. The van der Waals surface area contributed by atoms with Crippen LogP contribution in [0.25, 0.3) is 0 Å². The van der Waals surface area contributed by atoms with Crippen molar-refractivity contribution in [2.75, 3.05) is 6.54 Å². The fraction of sp³-hybridized carbons (Fsp3) is 0.533. The molecule has 2 unspecified atom stereocenters. The molecule has 0 bridgehead atoms. The van der Waals surface area contributed by atoms with E-state index in [1.165, 1.54) is 19.3 Å². The van der Waals surface area contributed by atoms with Gasteiger partial charge >= 0.3 is 5.97 Å². The van der Waals surface area contributed by atoms with Crippen molar-refractivity contribution in [3.8, 4) is 0 Å². The van der Waals surface area contributed by atoms with Crippen molar-refractivity contribution in [2.45, 2.75) is 32.7 Å². The van der Waals surface area contributed by atoms with Gasteiger partial charge in [0.25, 0.3) is 0 Å². The van der Waals surface area contributed by atoms with E-state index < -0.39 is 5.97 Å². The summed E-state index contributed by atoms with van der Waals surface area (Å²) in [6.07, 6.45) is 4.06. The highest BCUT2D eigenvalue weighted by Gasteiger charge is 2.22. The van der Waals surface area contributed by atoms with Crippen LogP contribution in [0.1, 0.15) is 42.1 Å². The molecule has 0 amide bonds. The van der Waals surface area contributed by atoms with Crippen LogP contribution in [0.3, 0.4) is 0 Å². The van der Waals surface area contributed by atoms with Crippen LogP contribution in [0.4, 0.5) is 0 Å². The maximum absolute atomic E-state index is 10.7. The summed E-state index contributed by atoms with van der Waals surface area (Å²) >= 11 is 0. The Labute approximate surface area is 108 Å². The van der Waals surface area contributed by atoms with E-state index in [0.29, 0.717) is 5.56 Å². The molecule has 1 aromatic rings. The monoisotopic (exact) mass is 247 g/mol. The summed E-state index contributed by atoms with van der Waals surface area (Å²) in [5.41, 5.74) is 1.49. The van der Waals surface area contributed by atoms with E-state index in [1.807, 2.05) is 12.1 Å². The molecule has 0 spiro atoms. The Kier molecular flexibility index (Phi) is 4.37. The van der Waals surface area contributed by atoms with Crippen molar-refractivity contribution < 1.29 is 9.90 Å². The Morgan fingerprint density at radius 1 is 1.33 bits per heavy atom. The lowest BCUT2D eigenvalue weighted by Crippen LogP contribution is -2.23. The predicted molar refractivity (Wildman–Crippen MR) is 71.6 cm³/mol. The third-order valence-corrected chi connectivity index (χ3v) is 3.98. The largest absolute Gasteiger partial charge is 0.478 e.